The molecule has 0 atom stereocenters. The van der Waals surface area contributed by atoms with E-state index in [-0.39, 0.29) is 17.4 Å². The normalized spacial score (nSPS) is 10.4. The van der Waals surface area contributed by atoms with Gasteiger partial charge in [-0.25, -0.2) is 9.97 Å². The van der Waals surface area contributed by atoms with Gasteiger partial charge in [0.15, 0.2) is 5.78 Å². The summed E-state index contributed by atoms with van der Waals surface area (Å²) in [6.45, 7) is 3.78. The number of anilines is 2. The molecule has 1 amide bonds. The van der Waals surface area contributed by atoms with Crippen molar-refractivity contribution in [2.45, 2.75) is 20.4 Å². The molecule has 1 aromatic heterocycles. The second-order valence-electron chi connectivity index (χ2n) is 6.29. The summed E-state index contributed by atoms with van der Waals surface area (Å²) in [5.41, 5.74) is 2.98. The zero-order valence-electron chi connectivity index (χ0n) is 15.5. The Bertz CT molecular complexity index is 1020. The Morgan fingerprint density at radius 3 is 2.50 bits per heavy atom. The van der Waals surface area contributed by atoms with Gasteiger partial charge in [-0.05, 0) is 49.7 Å². The maximum atomic E-state index is 12.6. The molecule has 3 rings (SSSR count). The van der Waals surface area contributed by atoms with Crippen LogP contribution in [0.15, 0.2) is 54.6 Å². The van der Waals surface area contributed by atoms with Crippen molar-refractivity contribution < 1.29 is 9.59 Å². The quantitative estimate of drug-likeness (QED) is 0.601. The number of nitrogens with one attached hydrogen (secondary N) is 2. The van der Waals surface area contributed by atoms with Crippen molar-refractivity contribution in [1.29, 1.82) is 0 Å². The van der Waals surface area contributed by atoms with E-state index in [2.05, 4.69) is 20.6 Å². The van der Waals surface area contributed by atoms with Crippen molar-refractivity contribution in [2.24, 2.45) is 0 Å². The minimum absolute atomic E-state index is 0.0670. The van der Waals surface area contributed by atoms with Crippen molar-refractivity contribution in [3.8, 4) is 0 Å². The van der Waals surface area contributed by atoms with Crippen LogP contribution in [0.2, 0.25) is 5.02 Å². The van der Waals surface area contributed by atoms with E-state index in [1.54, 1.807) is 37.3 Å². The van der Waals surface area contributed by atoms with Crippen LogP contribution in [0.5, 0.6) is 0 Å². The molecular formula is C21H19ClN4O2. The number of carbonyl (C=O) groups is 2. The topological polar surface area (TPSA) is 84.0 Å². The first-order valence-electron chi connectivity index (χ1n) is 8.67. The van der Waals surface area contributed by atoms with Crippen LogP contribution in [-0.4, -0.2) is 21.7 Å². The van der Waals surface area contributed by atoms with Crippen molar-refractivity contribution in [1.82, 2.24) is 9.97 Å². The number of benzene rings is 2. The van der Waals surface area contributed by atoms with E-state index in [1.165, 1.54) is 6.92 Å². The highest BCUT2D eigenvalue weighted by atomic mass is 35.5. The Hall–Kier alpha value is -3.25. The molecule has 0 spiro atoms. The number of nitrogens with zero attached hydrogens (tertiary/aromatic N) is 2. The molecule has 0 radical (unpaired) electrons. The third-order valence-corrected chi connectivity index (χ3v) is 4.23. The zero-order chi connectivity index (χ0) is 20.1. The van der Waals surface area contributed by atoms with Crippen molar-refractivity contribution in [2.75, 3.05) is 10.6 Å². The monoisotopic (exact) mass is 394 g/mol. The number of carbonyl (C=O) groups excluding carboxylic acids is 2. The van der Waals surface area contributed by atoms with Gasteiger partial charge in [-0.1, -0.05) is 35.9 Å². The smallest absolute Gasteiger partial charge is 0.274 e. The molecule has 2 aromatic carbocycles. The van der Waals surface area contributed by atoms with Gasteiger partial charge < -0.3 is 10.6 Å². The molecule has 0 fully saturated rings. The third kappa shape index (κ3) is 5.14. The lowest BCUT2D eigenvalue weighted by molar-refractivity contribution is 0.100. The Morgan fingerprint density at radius 2 is 1.79 bits per heavy atom. The zero-order valence-corrected chi connectivity index (χ0v) is 16.2. The lowest BCUT2D eigenvalue weighted by Crippen LogP contribution is -2.16. The fraction of sp³-hybridized carbons (Fsp3) is 0.143. The molecule has 6 nitrogen and oxygen atoms in total. The first-order valence-corrected chi connectivity index (χ1v) is 9.05. The average molecular weight is 395 g/mol. The average Bonchev–Trinajstić information content (AvgIpc) is 2.67. The summed E-state index contributed by atoms with van der Waals surface area (Å²) < 4.78 is 0. The summed E-state index contributed by atoms with van der Waals surface area (Å²) in [6, 6.07) is 15.8. The second-order valence-corrected chi connectivity index (χ2v) is 6.73. The Balaban J connectivity index is 1.73. The van der Waals surface area contributed by atoms with Crippen LogP contribution in [0.25, 0.3) is 0 Å². The Kier molecular flexibility index (Phi) is 6.01. The van der Waals surface area contributed by atoms with Gasteiger partial charge in [0.25, 0.3) is 5.91 Å². The predicted octanol–water partition coefficient (Wildman–Crippen LogP) is 4.51. The number of rotatable bonds is 6. The van der Waals surface area contributed by atoms with Crippen molar-refractivity contribution >= 4 is 34.9 Å². The van der Waals surface area contributed by atoms with Crippen LogP contribution in [-0.2, 0) is 6.54 Å². The summed E-state index contributed by atoms with van der Waals surface area (Å²) in [7, 11) is 0. The van der Waals surface area contributed by atoms with Crippen LogP contribution in [0.1, 0.15) is 39.0 Å². The van der Waals surface area contributed by atoms with Gasteiger partial charge in [0.2, 0.25) is 5.95 Å². The fourth-order valence-electron chi connectivity index (χ4n) is 2.56. The highest BCUT2D eigenvalue weighted by Crippen LogP contribution is 2.14. The number of hydrogen-bond acceptors (Lipinski definition) is 5. The number of halogens is 1. The SMILES string of the molecule is CC(=O)c1cccc(NC(=O)c2cc(C)nc(NCc3ccc(Cl)cc3)n2)c1. The van der Waals surface area contributed by atoms with Gasteiger partial charge in [-0.3, -0.25) is 9.59 Å². The van der Waals surface area contributed by atoms with Gasteiger partial charge in [-0.15, -0.1) is 0 Å². The first kappa shape index (κ1) is 19.5. The maximum absolute atomic E-state index is 12.6. The van der Waals surface area contributed by atoms with Gasteiger partial charge in [0.1, 0.15) is 5.69 Å². The summed E-state index contributed by atoms with van der Waals surface area (Å²) in [4.78, 5) is 32.7. The molecule has 7 heteroatoms. The number of amides is 1. The number of ketones is 1. The summed E-state index contributed by atoms with van der Waals surface area (Å²) >= 11 is 5.89. The summed E-state index contributed by atoms with van der Waals surface area (Å²) in [5.74, 6) is -0.0824. The molecule has 3 aromatic rings. The third-order valence-electron chi connectivity index (χ3n) is 3.98. The molecule has 0 aliphatic heterocycles. The Morgan fingerprint density at radius 1 is 1.04 bits per heavy atom. The molecule has 0 bridgehead atoms. The van der Waals surface area contributed by atoms with Gasteiger partial charge in [-0.2, -0.15) is 0 Å². The summed E-state index contributed by atoms with van der Waals surface area (Å²) in [6.07, 6.45) is 0. The van der Waals surface area contributed by atoms with Crippen molar-refractivity contribution in [3.05, 3.63) is 82.1 Å². The number of aryl methyl sites for hydroxylation is 1. The largest absolute Gasteiger partial charge is 0.350 e. The molecule has 0 saturated heterocycles. The highest BCUT2D eigenvalue weighted by Gasteiger charge is 2.12. The van der Waals surface area contributed by atoms with Crippen LogP contribution in [0.4, 0.5) is 11.6 Å². The van der Waals surface area contributed by atoms with E-state index >= 15 is 0 Å². The standard InChI is InChI=1S/C21H19ClN4O2/c1-13-10-19(20(28)25-18-5-3-4-16(11-18)14(2)27)26-21(24-13)23-12-15-6-8-17(22)9-7-15/h3-11H,12H2,1-2H3,(H,25,28)(H,23,24,26). The minimum Gasteiger partial charge on any atom is -0.350 e. The van der Waals surface area contributed by atoms with E-state index in [9.17, 15) is 9.59 Å². The number of Topliss-reactive ketones (excluding diaryl/α,β-unsaturated/α-hetero) is 1. The van der Waals surface area contributed by atoms with Gasteiger partial charge in [0, 0.05) is 28.5 Å². The van der Waals surface area contributed by atoms with Crippen LogP contribution in [0, 0.1) is 6.92 Å². The Labute approximate surface area is 168 Å². The molecular weight excluding hydrogens is 376 g/mol. The fourth-order valence-corrected chi connectivity index (χ4v) is 2.68. The second kappa shape index (κ2) is 8.63. The number of aromatic nitrogens is 2. The predicted molar refractivity (Wildman–Crippen MR) is 110 cm³/mol. The maximum Gasteiger partial charge on any atom is 0.274 e. The molecule has 1 heterocycles. The molecule has 0 unspecified atom stereocenters. The van der Waals surface area contributed by atoms with Gasteiger partial charge in [0.05, 0.1) is 0 Å². The minimum atomic E-state index is -0.374. The summed E-state index contributed by atoms with van der Waals surface area (Å²) in [5, 5.41) is 6.55. The lowest BCUT2D eigenvalue weighted by Gasteiger charge is -2.09. The van der Waals surface area contributed by atoms with Gasteiger partial charge >= 0.3 is 0 Å². The van der Waals surface area contributed by atoms with Crippen molar-refractivity contribution in [3.63, 3.8) is 0 Å². The molecule has 142 valence electrons. The number of hydrogen-bond donors (Lipinski definition) is 2. The van der Waals surface area contributed by atoms with E-state index in [0.717, 1.165) is 5.56 Å². The molecule has 0 aliphatic carbocycles. The molecule has 28 heavy (non-hydrogen) atoms. The van der Waals surface area contributed by atoms with Crippen LogP contribution in [0.3, 0.4) is 0 Å². The molecule has 0 saturated carbocycles. The molecule has 0 aliphatic rings. The van der Waals surface area contributed by atoms with E-state index < -0.39 is 0 Å². The first-order chi connectivity index (χ1) is 13.4. The molecule has 2 N–H and O–H groups in total. The van der Waals surface area contributed by atoms with E-state index in [4.69, 9.17) is 11.6 Å². The van der Waals surface area contributed by atoms with E-state index in [1.807, 2.05) is 24.3 Å². The van der Waals surface area contributed by atoms with Crippen LogP contribution >= 0.6 is 11.6 Å². The lowest BCUT2D eigenvalue weighted by atomic mass is 10.1. The van der Waals surface area contributed by atoms with Crippen LogP contribution < -0.4 is 10.6 Å². The highest BCUT2D eigenvalue weighted by molar-refractivity contribution is 6.30. The van der Waals surface area contributed by atoms with E-state index in [0.29, 0.717) is 34.5 Å².